The summed E-state index contributed by atoms with van der Waals surface area (Å²) >= 11 is 0. The number of ether oxygens (including phenoxy) is 2. The Balaban J connectivity index is 1.48. The fourth-order valence-corrected chi connectivity index (χ4v) is 3.12. The van der Waals surface area contributed by atoms with Crippen LogP contribution in [-0.4, -0.2) is 42.5 Å². The van der Waals surface area contributed by atoms with Crippen LogP contribution in [0, 0.1) is 11.8 Å². The highest BCUT2D eigenvalue weighted by atomic mass is 16.6. The number of epoxide rings is 1. The molecule has 0 aromatic heterocycles. The summed E-state index contributed by atoms with van der Waals surface area (Å²) < 4.78 is 11.1. The Morgan fingerprint density at radius 1 is 1.22 bits per heavy atom. The maximum Gasteiger partial charge on any atom is 0.214 e. The molecule has 1 fully saturated rings. The maximum absolute atomic E-state index is 9.67. The molecule has 0 spiro atoms. The molecule has 0 bridgehead atoms. The Kier molecular flexibility index (Phi) is 7.04. The quantitative estimate of drug-likeness (QED) is 0.263. The van der Waals surface area contributed by atoms with E-state index < -0.39 is 6.41 Å². The van der Waals surface area contributed by atoms with Gasteiger partial charge >= 0.3 is 0 Å². The number of aliphatic hydroxyl groups is 1. The molecule has 23 heavy (non-hydrogen) atoms. The number of hydrogen-bond acceptors (Lipinski definition) is 5. The van der Waals surface area contributed by atoms with Crippen LogP contribution in [0.25, 0.3) is 0 Å². The summed E-state index contributed by atoms with van der Waals surface area (Å²) in [6, 6.07) is 0. The van der Waals surface area contributed by atoms with Crippen molar-refractivity contribution in [2.24, 2.45) is 11.8 Å². The van der Waals surface area contributed by atoms with E-state index in [1.807, 2.05) is 20.8 Å². The van der Waals surface area contributed by atoms with Crippen LogP contribution in [0.1, 0.15) is 53.4 Å². The minimum Gasteiger partial charge on any atom is -0.356 e. The van der Waals surface area contributed by atoms with Gasteiger partial charge in [-0.25, -0.2) is 0 Å². The molecular formula is C18H34N2O3. The van der Waals surface area contributed by atoms with Crippen LogP contribution in [0.2, 0.25) is 0 Å². The smallest absolute Gasteiger partial charge is 0.214 e. The summed E-state index contributed by atoms with van der Waals surface area (Å²) in [5, 5.41) is 16.0. The first-order chi connectivity index (χ1) is 10.8. The van der Waals surface area contributed by atoms with Crippen molar-refractivity contribution in [3.8, 4) is 0 Å². The summed E-state index contributed by atoms with van der Waals surface area (Å²) in [6.45, 7) is 9.52. The lowest BCUT2D eigenvalue weighted by atomic mass is 9.81. The Morgan fingerprint density at radius 3 is 2.65 bits per heavy atom. The Morgan fingerprint density at radius 2 is 1.96 bits per heavy atom. The van der Waals surface area contributed by atoms with Crippen LogP contribution >= 0.6 is 0 Å². The highest BCUT2D eigenvalue weighted by Gasteiger charge is 2.38. The lowest BCUT2D eigenvalue weighted by Gasteiger charge is -2.24. The fourth-order valence-electron chi connectivity index (χ4n) is 3.12. The van der Waals surface area contributed by atoms with Crippen LogP contribution in [0.3, 0.4) is 0 Å². The normalized spacial score (nSPS) is 32.0. The number of aliphatic hydroxyl groups excluding tert-OH is 1. The van der Waals surface area contributed by atoms with Gasteiger partial charge in [0, 0.05) is 13.1 Å². The summed E-state index contributed by atoms with van der Waals surface area (Å²) in [4.78, 5) is 0. The van der Waals surface area contributed by atoms with E-state index in [1.165, 1.54) is 19.3 Å². The van der Waals surface area contributed by atoms with Crippen LogP contribution in [0.15, 0.2) is 12.2 Å². The molecule has 0 saturated carbocycles. The maximum atomic E-state index is 9.67. The summed E-state index contributed by atoms with van der Waals surface area (Å²) in [5.41, 5.74) is -0.351. The van der Waals surface area contributed by atoms with Gasteiger partial charge < -0.3 is 14.6 Å². The standard InChI is InChI=1S/C18H34N2O3/c1-13-7-5-6-8-14(13)9-10-15-16(22-15)19-11-12-20-17(21)23-18(2,3)4/h5-6,13-17,19-21H,7-12H2,1-4H3. The van der Waals surface area contributed by atoms with Gasteiger partial charge in [-0.15, -0.1) is 0 Å². The van der Waals surface area contributed by atoms with E-state index in [0.29, 0.717) is 12.6 Å². The van der Waals surface area contributed by atoms with Crippen LogP contribution in [0.4, 0.5) is 0 Å². The number of allylic oxidation sites excluding steroid dienone is 2. The van der Waals surface area contributed by atoms with Crippen molar-refractivity contribution < 1.29 is 14.6 Å². The summed E-state index contributed by atoms with van der Waals surface area (Å²) in [5.74, 6) is 1.62. The Labute approximate surface area is 140 Å². The van der Waals surface area contributed by atoms with Crippen molar-refractivity contribution in [3.63, 3.8) is 0 Å². The van der Waals surface area contributed by atoms with E-state index >= 15 is 0 Å². The van der Waals surface area contributed by atoms with Crippen molar-refractivity contribution in [1.82, 2.24) is 10.6 Å². The van der Waals surface area contributed by atoms with Crippen molar-refractivity contribution in [2.75, 3.05) is 13.1 Å². The van der Waals surface area contributed by atoms with Gasteiger partial charge in [0.2, 0.25) is 6.41 Å². The second kappa shape index (κ2) is 8.58. The SMILES string of the molecule is CC1CC=CCC1CCC1OC1NCCNC(O)OC(C)(C)C. The molecule has 3 N–H and O–H groups in total. The largest absolute Gasteiger partial charge is 0.356 e. The zero-order valence-electron chi connectivity index (χ0n) is 15.0. The molecule has 0 amide bonds. The van der Waals surface area contributed by atoms with E-state index in [4.69, 9.17) is 9.47 Å². The predicted molar refractivity (Wildman–Crippen MR) is 91.8 cm³/mol. The first-order valence-corrected chi connectivity index (χ1v) is 8.98. The molecule has 0 aromatic carbocycles. The zero-order chi connectivity index (χ0) is 16.9. The third-order valence-corrected chi connectivity index (χ3v) is 4.58. The molecule has 1 saturated heterocycles. The van der Waals surface area contributed by atoms with E-state index in [0.717, 1.165) is 24.8 Å². The van der Waals surface area contributed by atoms with Crippen LogP contribution in [0.5, 0.6) is 0 Å². The predicted octanol–water partition coefficient (Wildman–Crippen LogP) is 2.36. The molecular weight excluding hydrogens is 292 g/mol. The van der Waals surface area contributed by atoms with Gasteiger partial charge in [-0.2, -0.15) is 0 Å². The topological polar surface area (TPSA) is 66.0 Å². The Bertz CT molecular complexity index is 381. The van der Waals surface area contributed by atoms with Crippen molar-refractivity contribution in [2.45, 2.75) is 77.7 Å². The van der Waals surface area contributed by atoms with Gasteiger partial charge in [0.15, 0.2) is 0 Å². The molecule has 2 rings (SSSR count). The van der Waals surface area contributed by atoms with Gasteiger partial charge in [0.05, 0.1) is 11.7 Å². The third-order valence-electron chi connectivity index (χ3n) is 4.58. The van der Waals surface area contributed by atoms with E-state index in [2.05, 4.69) is 29.7 Å². The lowest BCUT2D eigenvalue weighted by Crippen LogP contribution is -2.41. The molecule has 0 aromatic rings. The van der Waals surface area contributed by atoms with Gasteiger partial charge in [-0.1, -0.05) is 19.1 Å². The lowest BCUT2D eigenvalue weighted by molar-refractivity contribution is -0.181. The second-order valence-electron chi connectivity index (χ2n) is 7.84. The number of hydrogen-bond donors (Lipinski definition) is 3. The molecule has 134 valence electrons. The van der Waals surface area contributed by atoms with Crippen molar-refractivity contribution in [3.05, 3.63) is 12.2 Å². The molecule has 2 aliphatic rings. The Hall–Kier alpha value is -0.460. The van der Waals surface area contributed by atoms with Crippen LogP contribution in [-0.2, 0) is 9.47 Å². The first-order valence-electron chi connectivity index (χ1n) is 8.98. The highest BCUT2D eigenvalue weighted by molar-refractivity contribution is 4.94. The number of rotatable bonds is 9. The van der Waals surface area contributed by atoms with Gasteiger partial charge in [0.25, 0.3) is 0 Å². The van der Waals surface area contributed by atoms with E-state index in [-0.39, 0.29) is 11.8 Å². The molecule has 5 nitrogen and oxygen atoms in total. The fraction of sp³-hybridized carbons (Fsp3) is 0.889. The molecule has 5 atom stereocenters. The van der Waals surface area contributed by atoms with Gasteiger partial charge in [-0.05, 0) is 58.3 Å². The average Bonchev–Trinajstić information content (AvgIpc) is 3.19. The summed E-state index contributed by atoms with van der Waals surface area (Å²) in [6.07, 6.45) is 9.11. The zero-order valence-corrected chi connectivity index (χ0v) is 15.0. The minimum absolute atomic E-state index is 0.187. The molecule has 1 heterocycles. The average molecular weight is 326 g/mol. The van der Waals surface area contributed by atoms with E-state index in [1.54, 1.807) is 0 Å². The number of nitrogens with one attached hydrogen (secondary N) is 2. The molecule has 1 aliphatic heterocycles. The summed E-state index contributed by atoms with van der Waals surface area (Å²) in [7, 11) is 0. The molecule has 1 aliphatic carbocycles. The monoisotopic (exact) mass is 326 g/mol. The second-order valence-corrected chi connectivity index (χ2v) is 7.84. The van der Waals surface area contributed by atoms with Gasteiger partial charge in [0.1, 0.15) is 6.23 Å². The minimum atomic E-state index is -0.923. The molecule has 5 unspecified atom stereocenters. The van der Waals surface area contributed by atoms with Crippen LogP contribution < -0.4 is 10.6 Å². The van der Waals surface area contributed by atoms with Crippen molar-refractivity contribution >= 4 is 0 Å². The van der Waals surface area contributed by atoms with E-state index in [9.17, 15) is 5.11 Å². The van der Waals surface area contributed by atoms with Crippen molar-refractivity contribution in [1.29, 1.82) is 0 Å². The first kappa shape index (κ1) is 18.9. The molecule has 0 radical (unpaired) electrons. The van der Waals surface area contributed by atoms with Gasteiger partial charge in [-0.3, -0.25) is 10.6 Å². The highest BCUT2D eigenvalue weighted by Crippen LogP contribution is 2.33. The molecule has 5 heteroatoms. The third kappa shape index (κ3) is 7.31.